The Morgan fingerprint density at radius 2 is 2.04 bits per heavy atom. The molecule has 1 aromatic carbocycles. The van der Waals surface area contributed by atoms with Crippen LogP contribution in [0.3, 0.4) is 0 Å². The molecule has 1 aromatic rings. The lowest BCUT2D eigenvalue weighted by atomic mass is 9.97. The van der Waals surface area contributed by atoms with Crippen molar-refractivity contribution >= 4 is 24.2 Å². The molecule has 0 radical (unpaired) electrons. The predicted octanol–water partition coefficient (Wildman–Crippen LogP) is 0.939. The van der Waals surface area contributed by atoms with E-state index in [-0.39, 0.29) is 36.7 Å². The lowest BCUT2D eigenvalue weighted by Crippen LogP contribution is -2.47. The van der Waals surface area contributed by atoms with E-state index in [0.717, 1.165) is 18.4 Å². The minimum Gasteiger partial charge on any atom is -0.367 e. The predicted molar refractivity (Wildman–Crippen MR) is 94.7 cm³/mol. The molecule has 0 bridgehead atoms. The van der Waals surface area contributed by atoms with Crippen molar-refractivity contribution in [1.82, 2.24) is 10.2 Å². The maximum absolute atomic E-state index is 12.2. The lowest BCUT2D eigenvalue weighted by Gasteiger charge is -2.32. The van der Waals surface area contributed by atoms with Gasteiger partial charge in [-0.3, -0.25) is 9.59 Å². The number of carbonyl (C=O) groups is 2. The Labute approximate surface area is 149 Å². The van der Waals surface area contributed by atoms with Crippen molar-refractivity contribution < 1.29 is 14.3 Å². The van der Waals surface area contributed by atoms with Gasteiger partial charge in [-0.25, -0.2) is 0 Å². The van der Waals surface area contributed by atoms with Crippen molar-refractivity contribution in [2.24, 2.45) is 11.7 Å². The molecule has 1 fully saturated rings. The Morgan fingerprint density at radius 3 is 2.75 bits per heavy atom. The van der Waals surface area contributed by atoms with Gasteiger partial charge in [0.15, 0.2) is 0 Å². The number of ether oxygens (including phenoxy) is 1. The Balaban J connectivity index is 0.00000288. The van der Waals surface area contributed by atoms with E-state index in [0.29, 0.717) is 32.8 Å². The minimum atomic E-state index is -0.145. The summed E-state index contributed by atoms with van der Waals surface area (Å²) in [5.74, 6) is -0.219. The van der Waals surface area contributed by atoms with Gasteiger partial charge in [0, 0.05) is 26.2 Å². The number of nitrogens with zero attached hydrogens (tertiary/aromatic N) is 1. The highest BCUT2D eigenvalue weighted by molar-refractivity contribution is 5.85. The number of hydrogen-bond acceptors (Lipinski definition) is 4. The Morgan fingerprint density at radius 1 is 1.29 bits per heavy atom. The first-order chi connectivity index (χ1) is 11.2. The highest BCUT2D eigenvalue weighted by atomic mass is 35.5. The second-order valence-electron chi connectivity index (χ2n) is 5.74. The zero-order chi connectivity index (χ0) is 16.5. The number of likely N-dealkylation sites (tertiary alicyclic amines) is 1. The summed E-state index contributed by atoms with van der Waals surface area (Å²) < 4.78 is 5.49. The number of carbonyl (C=O) groups excluding carboxylic acids is 2. The summed E-state index contributed by atoms with van der Waals surface area (Å²) in [4.78, 5) is 25.9. The van der Waals surface area contributed by atoms with Gasteiger partial charge in [-0.1, -0.05) is 30.3 Å². The topological polar surface area (TPSA) is 84.7 Å². The molecule has 6 nitrogen and oxygen atoms in total. The number of halogens is 1. The fraction of sp³-hybridized carbons (Fsp3) is 0.529. The molecule has 2 rings (SSSR count). The molecule has 0 saturated carbocycles. The van der Waals surface area contributed by atoms with Crippen LogP contribution in [0.25, 0.3) is 0 Å². The maximum atomic E-state index is 12.2. The van der Waals surface area contributed by atoms with Gasteiger partial charge in [-0.2, -0.15) is 0 Å². The molecule has 1 unspecified atom stereocenters. The third-order valence-electron chi connectivity index (χ3n) is 3.93. The number of nitrogens with two attached hydrogens (primary N) is 1. The van der Waals surface area contributed by atoms with Crippen molar-refractivity contribution in [3.63, 3.8) is 0 Å². The van der Waals surface area contributed by atoms with Crippen LogP contribution in [0, 0.1) is 5.92 Å². The summed E-state index contributed by atoms with van der Waals surface area (Å²) in [6, 6.07) is 9.75. The maximum Gasteiger partial charge on any atom is 0.248 e. The number of amides is 2. The Kier molecular flexibility index (Phi) is 9.37. The van der Waals surface area contributed by atoms with E-state index in [1.165, 1.54) is 0 Å². The molecule has 1 heterocycles. The Bertz CT molecular complexity index is 513. The van der Waals surface area contributed by atoms with E-state index in [2.05, 4.69) is 5.32 Å². The number of hydrogen-bond donors (Lipinski definition) is 2. The molecule has 0 aliphatic carbocycles. The molecule has 0 spiro atoms. The van der Waals surface area contributed by atoms with Crippen molar-refractivity contribution in [2.75, 3.05) is 32.8 Å². The van der Waals surface area contributed by atoms with Crippen LogP contribution < -0.4 is 11.1 Å². The van der Waals surface area contributed by atoms with Crippen LogP contribution >= 0.6 is 12.4 Å². The van der Waals surface area contributed by atoms with E-state index < -0.39 is 0 Å². The minimum absolute atomic E-state index is 0. The molecule has 7 heteroatoms. The smallest absolute Gasteiger partial charge is 0.248 e. The number of benzene rings is 1. The Hall–Kier alpha value is -1.63. The van der Waals surface area contributed by atoms with Crippen molar-refractivity contribution in [3.05, 3.63) is 35.9 Å². The van der Waals surface area contributed by atoms with Gasteiger partial charge < -0.3 is 20.7 Å². The van der Waals surface area contributed by atoms with Crippen LogP contribution in [-0.2, 0) is 20.9 Å². The standard InChI is InChI=1S/C17H25N3O3.ClH/c18-8-9-19-17(22)15-7-4-10-20(11-15)16(21)13-23-12-14-5-2-1-3-6-14;/h1-3,5-6,15H,4,7-13,18H2,(H,19,22);1H. The molecule has 0 aromatic heterocycles. The third-order valence-corrected chi connectivity index (χ3v) is 3.93. The average Bonchev–Trinajstić information content (AvgIpc) is 2.60. The second kappa shape index (κ2) is 11.0. The van der Waals surface area contributed by atoms with Gasteiger partial charge in [0.05, 0.1) is 12.5 Å². The van der Waals surface area contributed by atoms with Gasteiger partial charge in [0.2, 0.25) is 11.8 Å². The normalized spacial score (nSPS) is 17.0. The van der Waals surface area contributed by atoms with Crippen molar-refractivity contribution in [2.45, 2.75) is 19.4 Å². The fourth-order valence-corrected chi connectivity index (χ4v) is 2.68. The van der Waals surface area contributed by atoms with E-state index in [4.69, 9.17) is 10.5 Å². The number of rotatable bonds is 7. The van der Waals surface area contributed by atoms with Crippen LogP contribution in [0.2, 0.25) is 0 Å². The summed E-state index contributed by atoms with van der Waals surface area (Å²) in [5.41, 5.74) is 6.43. The SMILES string of the molecule is Cl.NCCNC(=O)C1CCCN(C(=O)COCc2ccccc2)C1. The van der Waals surface area contributed by atoms with Gasteiger partial charge in [0.1, 0.15) is 6.61 Å². The quantitative estimate of drug-likeness (QED) is 0.762. The van der Waals surface area contributed by atoms with Crippen LogP contribution in [0.5, 0.6) is 0 Å². The van der Waals surface area contributed by atoms with Gasteiger partial charge in [-0.05, 0) is 18.4 Å². The molecule has 2 amide bonds. The van der Waals surface area contributed by atoms with Crippen LogP contribution in [0.1, 0.15) is 18.4 Å². The summed E-state index contributed by atoms with van der Waals surface area (Å²) in [6.07, 6.45) is 1.65. The van der Waals surface area contributed by atoms with Gasteiger partial charge >= 0.3 is 0 Å². The fourth-order valence-electron chi connectivity index (χ4n) is 2.68. The van der Waals surface area contributed by atoms with Crippen molar-refractivity contribution in [3.8, 4) is 0 Å². The second-order valence-corrected chi connectivity index (χ2v) is 5.74. The molecule has 1 atom stereocenters. The van der Waals surface area contributed by atoms with Gasteiger partial charge in [0.25, 0.3) is 0 Å². The van der Waals surface area contributed by atoms with E-state index in [9.17, 15) is 9.59 Å². The van der Waals surface area contributed by atoms with Crippen LogP contribution in [0.4, 0.5) is 0 Å². The molecule has 1 saturated heterocycles. The lowest BCUT2D eigenvalue weighted by molar-refractivity contribution is -0.140. The molecular formula is C17H26ClN3O3. The monoisotopic (exact) mass is 355 g/mol. The molecular weight excluding hydrogens is 330 g/mol. The molecule has 1 aliphatic heterocycles. The van der Waals surface area contributed by atoms with E-state index in [1.807, 2.05) is 30.3 Å². The summed E-state index contributed by atoms with van der Waals surface area (Å²) in [5, 5.41) is 2.79. The largest absolute Gasteiger partial charge is 0.367 e. The summed E-state index contributed by atoms with van der Waals surface area (Å²) >= 11 is 0. The van der Waals surface area contributed by atoms with E-state index in [1.54, 1.807) is 4.90 Å². The van der Waals surface area contributed by atoms with E-state index >= 15 is 0 Å². The first-order valence-corrected chi connectivity index (χ1v) is 8.08. The molecule has 134 valence electrons. The first-order valence-electron chi connectivity index (χ1n) is 8.08. The third kappa shape index (κ3) is 6.47. The van der Waals surface area contributed by atoms with Crippen LogP contribution in [-0.4, -0.2) is 49.5 Å². The molecule has 3 N–H and O–H groups in total. The summed E-state index contributed by atoms with van der Waals surface area (Å²) in [6.45, 7) is 2.52. The average molecular weight is 356 g/mol. The highest BCUT2D eigenvalue weighted by Gasteiger charge is 2.28. The number of nitrogens with one attached hydrogen (secondary N) is 1. The van der Waals surface area contributed by atoms with Gasteiger partial charge in [-0.15, -0.1) is 12.4 Å². The van der Waals surface area contributed by atoms with Crippen LogP contribution in [0.15, 0.2) is 30.3 Å². The molecule has 1 aliphatic rings. The zero-order valence-corrected chi connectivity index (χ0v) is 14.6. The zero-order valence-electron chi connectivity index (χ0n) is 13.8. The molecule has 24 heavy (non-hydrogen) atoms. The van der Waals surface area contributed by atoms with Crippen molar-refractivity contribution in [1.29, 1.82) is 0 Å². The highest BCUT2D eigenvalue weighted by Crippen LogP contribution is 2.17. The first kappa shape index (κ1) is 20.4. The summed E-state index contributed by atoms with van der Waals surface area (Å²) in [7, 11) is 0. The number of piperidine rings is 1.